The Kier molecular flexibility index (Phi) is 3.09. The maximum absolute atomic E-state index is 11.2. The van der Waals surface area contributed by atoms with Gasteiger partial charge in [0.15, 0.2) is 0 Å². The van der Waals surface area contributed by atoms with Crippen LogP contribution in [0, 0.1) is 0 Å². The van der Waals surface area contributed by atoms with Crippen molar-refractivity contribution in [3.05, 3.63) is 0 Å². The number of hydrogen-bond donors (Lipinski definition) is 2. The van der Waals surface area contributed by atoms with Crippen molar-refractivity contribution in [3.63, 3.8) is 0 Å². The highest BCUT2D eigenvalue weighted by atomic mass is 16.1. The first kappa shape index (κ1) is 9.52. The molecule has 0 aromatic heterocycles. The molecule has 70 valence electrons. The molecule has 0 unspecified atom stereocenters. The Morgan fingerprint density at radius 1 is 1.25 bits per heavy atom. The Hall–Kier alpha value is -0.570. The van der Waals surface area contributed by atoms with Gasteiger partial charge in [-0.1, -0.05) is 25.7 Å². The number of carbonyl (C=O) groups excluding carboxylic acids is 1. The number of amides is 1. The summed E-state index contributed by atoms with van der Waals surface area (Å²) in [5.74, 6) is -0.188. The summed E-state index contributed by atoms with van der Waals surface area (Å²) in [7, 11) is 1.83. The minimum atomic E-state index is -0.406. The molecule has 0 aromatic carbocycles. The minimum Gasteiger partial charge on any atom is -0.368 e. The molecule has 1 rings (SSSR count). The van der Waals surface area contributed by atoms with Gasteiger partial charge in [0.2, 0.25) is 5.91 Å². The highest BCUT2D eigenvalue weighted by molar-refractivity contribution is 5.84. The van der Waals surface area contributed by atoms with Gasteiger partial charge in [0.05, 0.1) is 5.54 Å². The zero-order valence-electron chi connectivity index (χ0n) is 7.73. The summed E-state index contributed by atoms with van der Waals surface area (Å²) in [4.78, 5) is 11.2. The second kappa shape index (κ2) is 3.90. The Morgan fingerprint density at radius 2 is 1.75 bits per heavy atom. The Labute approximate surface area is 73.7 Å². The molecule has 3 heteroatoms. The van der Waals surface area contributed by atoms with E-state index in [1.807, 2.05) is 7.05 Å². The maximum Gasteiger partial charge on any atom is 0.237 e. The Balaban J connectivity index is 2.68. The van der Waals surface area contributed by atoms with E-state index < -0.39 is 5.54 Å². The number of nitrogens with two attached hydrogens (primary N) is 1. The first-order valence-corrected chi connectivity index (χ1v) is 4.70. The molecule has 1 aliphatic rings. The van der Waals surface area contributed by atoms with Crippen molar-refractivity contribution in [3.8, 4) is 0 Å². The lowest BCUT2D eigenvalue weighted by Gasteiger charge is -2.28. The topological polar surface area (TPSA) is 55.1 Å². The van der Waals surface area contributed by atoms with Crippen LogP contribution in [0.4, 0.5) is 0 Å². The number of carbonyl (C=O) groups is 1. The number of hydrogen-bond acceptors (Lipinski definition) is 2. The van der Waals surface area contributed by atoms with Crippen LogP contribution in [0.25, 0.3) is 0 Å². The molecule has 12 heavy (non-hydrogen) atoms. The number of rotatable bonds is 2. The highest BCUT2D eigenvalue weighted by Gasteiger charge is 2.34. The van der Waals surface area contributed by atoms with Crippen LogP contribution in [0.2, 0.25) is 0 Å². The van der Waals surface area contributed by atoms with Gasteiger partial charge in [-0.3, -0.25) is 4.79 Å². The lowest BCUT2D eigenvalue weighted by Crippen LogP contribution is -2.53. The summed E-state index contributed by atoms with van der Waals surface area (Å²) in [5, 5.41) is 3.08. The third-order valence-corrected chi connectivity index (χ3v) is 2.91. The van der Waals surface area contributed by atoms with E-state index in [0.717, 1.165) is 25.7 Å². The fourth-order valence-corrected chi connectivity index (χ4v) is 1.95. The van der Waals surface area contributed by atoms with Gasteiger partial charge >= 0.3 is 0 Å². The molecule has 0 aliphatic heterocycles. The van der Waals surface area contributed by atoms with E-state index in [1.165, 1.54) is 12.8 Å². The van der Waals surface area contributed by atoms with Crippen molar-refractivity contribution < 1.29 is 4.79 Å². The molecule has 0 saturated heterocycles. The monoisotopic (exact) mass is 170 g/mol. The van der Waals surface area contributed by atoms with Gasteiger partial charge in [0.25, 0.3) is 0 Å². The van der Waals surface area contributed by atoms with Gasteiger partial charge in [-0.2, -0.15) is 0 Å². The Morgan fingerprint density at radius 3 is 2.08 bits per heavy atom. The van der Waals surface area contributed by atoms with Crippen molar-refractivity contribution in [1.82, 2.24) is 5.32 Å². The van der Waals surface area contributed by atoms with Crippen LogP contribution in [0.5, 0.6) is 0 Å². The van der Waals surface area contributed by atoms with Gasteiger partial charge in [-0.05, 0) is 19.9 Å². The zero-order chi connectivity index (χ0) is 9.03. The molecule has 0 spiro atoms. The minimum absolute atomic E-state index is 0.188. The largest absolute Gasteiger partial charge is 0.368 e. The molecule has 1 aliphatic carbocycles. The van der Waals surface area contributed by atoms with E-state index in [4.69, 9.17) is 5.73 Å². The maximum atomic E-state index is 11.2. The summed E-state index contributed by atoms with van der Waals surface area (Å²) >= 11 is 0. The molecular formula is C9H18N2O. The van der Waals surface area contributed by atoms with E-state index >= 15 is 0 Å². The molecule has 0 atom stereocenters. The van der Waals surface area contributed by atoms with Crippen LogP contribution in [0.15, 0.2) is 0 Å². The molecule has 0 bridgehead atoms. The molecule has 0 aromatic rings. The molecular weight excluding hydrogens is 152 g/mol. The van der Waals surface area contributed by atoms with E-state index in [-0.39, 0.29) is 5.91 Å². The number of likely N-dealkylation sites (N-methyl/N-ethyl adjacent to an activating group) is 1. The molecule has 1 fully saturated rings. The van der Waals surface area contributed by atoms with Crippen LogP contribution < -0.4 is 11.1 Å². The predicted octanol–water partition coefficient (Wildman–Crippen LogP) is 0.784. The predicted molar refractivity (Wildman–Crippen MR) is 48.7 cm³/mol. The van der Waals surface area contributed by atoms with Crippen molar-refractivity contribution >= 4 is 5.91 Å². The van der Waals surface area contributed by atoms with E-state index in [9.17, 15) is 4.79 Å². The fourth-order valence-electron chi connectivity index (χ4n) is 1.95. The molecule has 3 nitrogen and oxygen atoms in total. The first-order valence-electron chi connectivity index (χ1n) is 4.70. The normalized spacial score (nSPS) is 23.1. The number of primary amides is 1. The molecule has 1 saturated carbocycles. The highest BCUT2D eigenvalue weighted by Crippen LogP contribution is 2.26. The van der Waals surface area contributed by atoms with Crippen molar-refractivity contribution in [2.75, 3.05) is 7.05 Å². The molecule has 1 amide bonds. The fraction of sp³-hybridized carbons (Fsp3) is 0.889. The average Bonchev–Trinajstić information content (AvgIpc) is 2.29. The molecule has 0 radical (unpaired) electrons. The average molecular weight is 170 g/mol. The van der Waals surface area contributed by atoms with Crippen LogP contribution in [0.3, 0.4) is 0 Å². The molecule has 3 N–H and O–H groups in total. The van der Waals surface area contributed by atoms with Gasteiger partial charge in [-0.15, -0.1) is 0 Å². The number of nitrogens with one attached hydrogen (secondary N) is 1. The second-order valence-corrected chi connectivity index (χ2v) is 3.61. The SMILES string of the molecule is CNC1(C(N)=O)CCCCCC1. The van der Waals surface area contributed by atoms with Crippen LogP contribution in [-0.2, 0) is 4.79 Å². The van der Waals surface area contributed by atoms with Gasteiger partial charge < -0.3 is 11.1 Å². The second-order valence-electron chi connectivity index (χ2n) is 3.61. The standard InChI is InChI=1S/C9H18N2O/c1-11-9(8(10)12)6-4-2-3-5-7-9/h11H,2-7H2,1H3,(H2,10,12). The summed E-state index contributed by atoms with van der Waals surface area (Å²) in [6, 6.07) is 0. The van der Waals surface area contributed by atoms with Crippen LogP contribution >= 0.6 is 0 Å². The van der Waals surface area contributed by atoms with E-state index in [0.29, 0.717) is 0 Å². The van der Waals surface area contributed by atoms with Gasteiger partial charge in [0.1, 0.15) is 0 Å². The summed E-state index contributed by atoms with van der Waals surface area (Å²) in [6.45, 7) is 0. The summed E-state index contributed by atoms with van der Waals surface area (Å²) in [6.07, 6.45) is 6.50. The Bertz CT molecular complexity index is 160. The van der Waals surface area contributed by atoms with Crippen molar-refractivity contribution in [2.24, 2.45) is 5.73 Å². The third-order valence-electron chi connectivity index (χ3n) is 2.91. The van der Waals surface area contributed by atoms with Gasteiger partial charge in [0, 0.05) is 0 Å². The van der Waals surface area contributed by atoms with Crippen LogP contribution in [0.1, 0.15) is 38.5 Å². The lowest BCUT2D eigenvalue weighted by atomic mass is 9.90. The smallest absolute Gasteiger partial charge is 0.237 e. The first-order chi connectivity index (χ1) is 5.71. The van der Waals surface area contributed by atoms with Gasteiger partial charge in [-0.25, -0.2) is 0 Å². The van der Waals surface area contributed by atoms with Crippen molar-refractivity contribution in [2.45, 2.75) is 44.1 Å². The van der Waals surface area contributed by atoms with Crippen molar-refractivity contribution in [1.29, 1.82) is 0 Å². The van der Waals surface area contributed by atoms with E-state index in [1.54, 1.807) is 0 Å². The summed E-state index contributed by atoms with van der Waals surface area (Å²) in [5.41, 5.74) is 4.97. The molecule has 0 heterocycles. The summed E-state index contributed by atoms with van der Waals surface area (Å²) < 4.78 is 0. The quantitative estimate of drug-likeness (QED) is 0.602. The lowest BCUT2D eigenvalue weighted by molar-refractivity contribution is -0.124. The third kappa shape index (κ3) is 1.78. The zero-order valence-corrected chi connectivity index (χ0v) is 7.73. The van der Waals surface area contributed by atoms with E-state index in [2.05, 4.69) is 5.32 Å². The van der Waals surface area contributed by atoms with Crippen LogP contribution in [-0.4, -0.2) is 18.5 Å².